The largest absolute Gasteiger partial charge is 0.459 e. The number of nitrogens with zero attached hydrogens (tertiary/aromatic N) is 1. The molecule has 0 aromatic carbocycles. The number of hydrogen-bond acceptors (Lipinski definition) is 3. The van der Waals surface area contributed by atoms with Crippen LogP contribution in [0.1, 0.15) is 34.9 Å². The lowest BCUT2D eigenvalue weighted by molar-refractivity contribution is 0.0996. The summed E-state index contributed by atoms with van der Waals surface area (Å²) in [6, 6.07) is 5.38. The molecular formula is C15H19N3O2. The lowest BCUT2D eigenvalue weighted by Gasteiger charge is -2.28. The fourth-order valence-electron chi connectivity index (χ4n) is 2.65. The zero-order chi connectivity index (χ0) is 13.9. The summed E-state index contributed by atoms with van der Waals surface area (Å²) in [4.78, 5) is 17.3. The Morgan fingerprint density at radius 1 is 1.45 bits per heavy atom. The van der Waals surface area contributed by atoms with Gasteiger partial charge in [0.2, 0.25) is 0 Å². The lowest BCUT2D eigenvalue weighted by atomic mass is 9.91. The van der Waals surface area contributed by atoms with E-state index in [-0.39, 0.29) is 5.91 Å². The first-order valence-electron chi connectivity index (χ1n) is 6.94. The molecule has 3 heterocycles. The van der Waals surface area contributed by atoms with Gasteiger partial charge in [0.25, 0.3) is 5.91 Å². The molecule has 0 unspecified atom stereocenters. The number of piperidine rings is 1. The Bertz CT molecular complexity index is 566. The summed E-state index contributed by atoms with van der Waals surface area (Å²) in [7, 11) is 2.16. The van der Waals surface area contributed by atoms with Crippen molar-refractivity contribution in [2.24, 2.45) is 0 Å². The summed E-state index contributed by atoms with van der Waals surface area (Å²) in [5.74, 6) is 1.39. The number of anilines is 1. The van der Waals surface area contributed by atoms with E-state index in [1.807, 2.05) is 12.3 Å². The van der Waals surface area contributed by atoms with Crippen molar-refractivity contribution in [3.63, 3.8) is 0 Å². The Morgan fingerprint density at radius 2 is 2.25 bits per heavy atom. The Kier molecular flexibility index (Phi) is 3.60. The van der Waals surface area contributed by atoms with E-state index >= 15 is 0 Å². The highest BCUT2D eigenvalue weighted by molar-refractivity contribution is 6.01. The molecule has 0 aliphatic carbocycles. The van der Waals surface area contributed by atoms with Gasteiger partial charge in [0.15, 0.2) is 5.76 Å². The minimum Gasteiger partial charge on any atom is -0.459 e. The van der Waals surface area contributed by atoms with E-state index in [1.165, 1.54) is 24.7 Å². The average Bonchev–Trinajstić information content (AvgIpc) is 3.10. The summed E-state index contributed by atoms with van der Waals surface area (Å²) < 4.78 is 5.07. The van der Waals surface area contributed by atoms with Gasteiger partial charge in [-0.05, 0) is 62.7 Å². The molecule has 0 saturated carbocycles. The number of H-pyrrole nitrogens is 1. The van der Waals surface area contributed by atoms with Crippen molar-refractivity contribution in [2.45, 2.75) is 18.8 Å². The van der Waals surface area contributed by atoms with Gasteiger partial charge in [0.05, 0.1) is 6.26 Å². The van der Waals surface area contributed by atoms with E-state index in [2.05, 4.69) is 22.2 Å². The van der Waals surface area contributed by atoms with Crippen LogP contribution in [0.25, 0.3) is 0 Å². The van der Waals surface area contributed by atoms with Crippen LogP contribution in [0.4, 0.5) is 5.82 Å². The monoisotopic (exact) mass is 273 g/mol. The van der Waals surface area contributed by atoms with Crippen LogP contribution in [0.15, 0.2) is 35.1 Å². The zero-order valence-corrected chi connectivity index (χ0v) is 11.6. The minimum atomic E-state index is -0.230. The molecule has 0 spiro atoms. The number of amides is 1. The Hall–Kier alpha value is -2.01. The molecule has 2 N–H and O–H groups in total. The highest BCUT2D eigenvalue weighted by atomic mass is 16.3. The molecule has 1 amide bonds. The number of carbonyl (C=O) groups is 1. The second-order valence-electron chi connectivity index (χ2n) is 5.36. The topological polar surface area (TPSA) is 61.3 Å². The van der Waals surface area contributed by atoms with Gasteiger partial charge in [0.1, 0.15) is 5.82 Å². The van der Waals surface area contributed by atoms with E-state index in [1.54, 1.807) is 12.1 Å². The quantitative estimate of drug-likeness (QED) is 0.903. The molecule has 5 nitrogen and oxygen atoms in total. The molecule has 2 aromatic heterocycles. The molecule has 2 aromatic rings. The normalized spacial score (nSPS) is 17.2. The predicted molar refractivity (Wildman–Crippen MR) is 76.9 cm³/mol. The van der Waals surface area contributed by atoms with E-state index in [0.29, 0.717) is 11.7 Å². The third-order valence-electron chi connectivity index (χ3n) is 3.89. The summed E-state index contributed by atoms with van der Waals surface area (Å²) in [6.07, 6.45) is 5.82. The van der Waals surface area contributed by atoms with Crippen LogP contribution in [-0.2, 0) is 0 Å². The Balaban J connectivity index is 1.63. The fourth-order valence-corrected chi connectivity index (χ4v) is 2.65. The van der Waals surface area contributed by atoms with Gasteiger partial charge in [-0.25, -0.2) is 0 Å². The standard InChI is InChI=1S/C15H19N3O2/c1-18-6-4-11(5-7-18)12-9-14(16-10-12)17-15(19)13-3-2-8-20-13/h2-3,8-11,16H,4-7H2,1H3,(H,17,19). The van der Waals surface area contributed by atoms with Crippen molar-refractivity contribution in [3.8, 4) is 0 Å². The Morgan fingerprint density at radius 3 is 2.95 bits per heavy atom. The van der Waals surface area contributed by atoms with Crippen molar-refractivity contribution in [2.75, 3.05) is 25.5 Å². The minimum absolute atomic E-state index is 0.230. The van der Waals surface area contributed by atoms with E-state index in [9.17, 15) is 4.79 Å². The predicted octanol–water partition coefficient (Wildman–Crippen LogP) is 2.67. The van der Waals surface area contributed by atoms with Crippen molar-refractivity contribution in [1.82, 2.24) is 9.88 Å². The molecule has 1 saturated heterocycles. The van der Waals surface area contributed by atoms with Gasteiger partial charge >= 0.3 is 0 Å². The SMILES string of the molecule is CN1CCC(c2c[nH]c(NC(=O)c3ccco3)c2)CC1. The maximum absolute atomic E-state index is 11.9. The third-order valence-corrected chi connectivity index (χ3v) is 3.89. The number of aromatic amines is 1. The molecule has 0 radical (unpaired) electrons. The first kappa shape index (κ1) is 13.0. The van der Waals surface area contributed by atoms with Gasteiger partial charge in [0, 0.05) is 6.20 Å². The first-order valence-corrected chi connectivity index (χ1v) is 6.94. The van der Waals surface area contributed by atoms with Crippen molar-refractivity contribution < 1.29 is 9.21 Å². The third kappa shape index (κ3) is 2.77. The maximum atomic E-state index is 11.9. The maximum Gasteiger partial charge on any atom is 0.292 e. The molecule has 1 aliphatic heterocycles. The van der Waals surface area contributed by atoms with E-state index in [4.69, 9.17) is 4.42 Å². The van der Waals surface area contributed by atoms with Gasteiger partial charge in [-0.3, -0.25) is 4.79 Å². The molecule has 3 rings (SSSR count). The van der Waals surface area contributed by atoms with Gasteiger partial charge in [-0.2, -0.15) is 0 Å². The van der Waals surface area contributed by atoms with Crippen LogP contribution in [0, 0.1) is 0 Å². The highest BCUT2D eigenvalue weighted by Gasteiger charge is 2.19. The zero-order valence-electron chi connectivity index (χ0n) is 11.6. The molecule has 1 aliphatic rings. The number of carbonyl (C=O) groups excluding carboxylic acids is 1. The number of likely N-dealkylation sites (tertiary alicyclic amines) is 1. The number of furan rings is 1. The number of aromatic nitrogens is 1. The van der Waals surface area contributed by atoms with Crippen LogP contribution in [0.5, 0.6) is 0 Å². The molecule has 5 heteroatoms. The smallest absolute Gasteiger partial charge is 0.292 e. The van der Waals surface area contributed by atoms with Crippen molar-refractivity contribution >= 4 is 11.7 Å². The van der Waals surface area contributed by atoms with Crippen LogP contribution < -0.4 is 5.32 Å². The lowest BCUT2D eigenvalue weighted by Crippen LogP contribution is -2.29. The van der Waals surface area contributed by atoms with Gasteiger partial charge in [-0.1, -0.05) is 0 Å². The summed E-state index contributed by atoms with van der Waals surface area (Å²) in [5.41, 5.74) is 1.27. The molecule has 0 bridgehead atoms. The summed E-state index contributed by atoms with van der Waals surface area (Å²) in [5, 5.41) is 2.81. The van der Waals surface area contributed by atoms with Crippen LogP contribution in [0.3, 0.4) is 0 Å². The Labute approximate surface area is 118 Å². The number of nitrogens with one attached hydrogen (secondary N) is 2. The van der Waals surface area contributed by atoms with E-state index < -0.39 is 0 Å². The van der Waals surface area contributed by atoms with Gasteiger partial charge in [-0.15, -0.1) is 0 Å². The van der Waals surface area contributed by atoms with E-state index in [0.717, 1.165) is 18.9 Å². The van der Waals surface area contributed by atoms with Crippen molar-refractivity contribution in [3.05, 3.63) is 42.0 Å². The first-order chi connectivity index (χ1) is 9.72. The molecule has 1 fully saturated rings. The average molecular weight is 273 g/mol. The fraction of sp³-hybridized carbons (Fsp3) is 0.400. The highest BCUT2D eigenvalue weighted by Crippen LogP contribution is 2.29. The van der Waals surface area contributed by atoms with Crippen LogP contribution in [0.2, 0.25) is 0 Å². The molecule has 106 valence electrons. The number of rotatable bonds is 3. The number of hydrogen-bond donors (Lipinski definition) is 2. The molecular weight excluding hydrogens is 254 g/mol. The summed E-state index contributed by atoms with van der Waals surface area (Å²) in [6.45, 7) is 2.26. The second-order valence-corrected chi connectivity index (χ2v) is 5.36. The van der Waals surface area contributed by atoms with Crippen LogP contribution in [-0.4, -0.2) is 35.9 Å². The summed E-state index contributed by atoms with van der Waals surface area (Å²) >= 11 is 0. The van der Waals surface area contributed by atoms with Gasteiger partial charge < -0.3 is 19.6 Å². The second kappa shape index (κ2) is 5.54. The molecule has 0 atom stereocenters. The van der Waals surface area contributed by atoms with Crippen LogP contribution >= 0.6 is 0 Å². The van der Waals surface area contributed by atoms with Crippen molar-refractivity contribution in [1.29, 1.82) is 0 Å². The molecule has 20 heavy (non-hydrogen) atoms.